The zero-order valence-electron chi connectivity index (χ0n) is 10.6. The smallest absolute Gasteiger partial charge is 0.202 e. The average molecular weight is 226 g/mol. The highest BCUT2D eigenvalue weighted by atomic mass is 16.5. The summed E-state index contributed by atoms with van der Waals surface area (Å²) in [6, 6.07) is 0.479. The van der Waals surface area contributed by atoms with Crippen molar-refractivity contribution >= 4 is 5.95 Å². The lowest BCUT2D eigenvalue weighted by Gasteiger charge is -2.20. The summed E-state index contributed by atoms with van der Waals surface area (Å²) < 4.78 is 7.11. The maximum atomic E-state index is 5.05. The molecule has 1 unspecified atom stereocenters. The molecule has 5 heteroatoms. The van der Waals surface area contributed by atoms with Gasteiger partial charge in [-0.1, -0.05) is 0 Å². The fraction of sp³-hybridized carbons (Fsp3) is 0.727. The van der Waals surface area contributed by atoms with E-state index in [1.807, 2.05) is 6.20 Å². The fourth-order valence-electron chi connectivity index (χ4n) is 1.27. The molecule has 1 aromatic heterocycles. The number of nitrogens with one attached hydrogen (secondary N) is 1. The maximum absolute atomic E-state index is 5.05. The van der Waals surface area contributed by atoms with Crippen molar-refractivity contribution in [2.24, 2.45) is 0 Å². The van der Waals surface area contributed by atoms with E-state index >= 15 is 0 Å². The molecule has 0 amide bonds. The number of rotatable bonds is 7. The topological polar surface area (TPSA) is 42.3 Å². The summed E-state index contributed by atoms with van der Waals surface area (Å²) in [6.07, 6.45) is 3.76. The predicted molar refractivity (Wildman–Crippen MR) is 65.7 cm³/mol. The van der Waals surface area contributed by atoms with Crippen LogP contribution in [0.3, 0.4) is 0 Å². The zero-order chi connectivity index (χ0) is 12.0. The number of aromatic nitrogens is 2. The third-order valence-electron chi connectivity index (χ3n) is 2.69. The Kier molecular flexibility index (Phi) is 5.28. The summed E-state index contributed by atoms with van der Waals surface area (Å²) in [7, 11) is 5.85. The van der Waals surface area contributed by atoms with Crippen molar-refractivity contribution in [1.29, 1.82) is 0 Å². The number of likely N-dealkylation sites (N-methyl/N-ethyl adjacent to an activating group) is 1. The van der Waals surface area contributed by atoms with Crippen LogP contribution in [0.5, 0.6) is 0 Å². The Morgan fingerprint density at radius 3 is 2.94 bits per heavy atom. The molecule has 5 nitrogen and oxygen atoms in total. The van der Waals surface area contributed by atoms with E-state index in [-0.39, 0.29) is 0 Å². The minimum absolute atomic E-state index is 0.479. The van der Waals surface area contributed by atoms with Crippen molar-refractivity contribution < 1.29 is 4.74 Å². The zero-order valence-corrected chi connectivity index (χ0v) is 10.6. The Bertz CT molecular complexity index is 298. The van der Waals surface area contributed by atoms with Crippen LogP contribution in [-0.2, 0) is 11.3 Å². The monoisotopic (exact) mass is 226 g/mol. The second-order valence-electron chi connectivity index (χ2n) is 4.13. The molecule has 0 aromatic carbocycles. The van der Waals surface area contributed by atoms with E-state index in [4.69, 9.17) is 4.74 Å². The van der Waals surface area contributed by atoms with Crippen molar-refractivity contribution in [3.8, 4) is 0 Å². The number of anilines is 1. The molecule has 0 aliphatic rings. The SMILES string of the molecule is COCCn1ccnc1NCC(C)N(C)C. The summed E-state index contributed by atoms with van der Waals surface area (Å²) in [5, 5.41) is 3.34. The van der Waals surface area contributed by atoms with Gasteiger partial charge in [0.15, 0.2) is 0 Å². The molecule has 0 spiro atoms. The summed E-state index contributed by atoms with van der Waals surface area (Å²) in [5.74, 6) is 0.908. The normalized spacial score (nSPS) is 13.1. The highest BCUT2D eigenvalue weighted by Crippen LogP contribution is 2.04. The van der Waals surface area contributed by atoms with Crippen LogP contribution >= 0.6 is 0 Å². The van der Waals surface area contributed by atoms with E-state index < -0.39 is 0 Å². The molecule has 1 heterocycles. The molecular weight excluding hydrogens is 204 g/mol. The molecule has 1 atom stereocenters. The molecule has 1 aromatic rings. The minimum atomic E-state index is 0.479. The third-order valence-corrected chi connectivity index (χ3v) is 2.69. The minimum Gasteiger partial charge on any atom is -0.383 e. The summed E-state index contributed by atoms with van der Waals surface area (Å²) >= 11 is 0. The lowest BCUT2D eigenvalue weighted by molar-refractivity contribution is 0.187. The van der Waals surface area contributed by atoms with Gasteiger partial charge in [-0.05, 0) is 21.0 Å². The first-order valence-electron chi connectivity index (χ1n) is 5.55. The van der Waals surface area contributed by atoms with Crippen molar-refractivity contribution in [2.45, 2.75) is 19.5 Å². The van der Waals surface area contributed by atoms with Gasteiger partial charge in [0, 0.05) is 38.6 Å². The van der Waals surface area contributed by atoms with Crippen LogP contribution in [0.4, 0.5) is 5.95 Å². The Morgan fingerprint density at radius 2 is 2.31 bits per heavy atom. The molecule has 92 valence electrons. The summed E-state index contributed by atoms with van der Waals surface area (Å²) in [4.78, 5) is 6.45. The first kappa shape index (κ1) is 13.0. The second kappa shape index (κ2) is 6.50. The van der Waals surface area contributed by atoms with Gasteiger partial charge in [-0.15, -0.1) is 0 Å². The molecule has 0 saturated carbocycles. The lowest BCUT2D eigenvalue weighted by atomic mass is 10.3. The van der Waals surface area contributed by atoms with Gasteiger partial charge < -0.3 is 19.5 Å². The number of hydrogen-bond acceptors (Lipinski definition) is 4. The van der Waals surface area contributed by atoms with Crippen molar-refractivity contribution in [1.82, 2.24) is 14.5 Å². The van der Waals surface area contributed by atoms with E-state index in [0.717, 1.165) is 19.0 Å². The average Bonchev–Trinajstić information content (AvgIpc) is 2.70. The number of nitrogens with zero attached hydrogens (tertiary/aromatic N) is 3. The largest absolute Gasteiger partial charge is 0.383 e. The second-order valence-corrected chi connectivity index (χ2v) is 4.13. The van der Waals surface area contributed by atoms with E-state index in [0.29, 0.717) is 12.6 Å². The van der Waals surface area contributed by atoms with Gasteiger partial charge in [-0.2, -0.15) is 0 Å². The van der Waals surface area contributed by atoms with Crippen LogP contribution in [0.1, 0.15) is 6.92 Å². The predicted octanol–water partition coefficient (Wildman–Crippen LogP) is 0.891. The number of hydrogen-bond donors (Lipinski definition) is 1. The van der Waals surface area contributed by atoms with Crippen LogP contribution < -0.4 is 5.32 Å². The molecule has 0 bridgehead atoms. The van der Waals surface area contributed by atoms with Gasteiger partial charge in [0.1, 0.15) is 0 Å². The van der Waals surface area contributed by atoms with E-state index in [1.165, 1.54) is 0 Å². The Morgan fingerprint density at radius 1 is 1.56 bits per heavy atom. The van der Waals surface area contributed by atoms with Crippen molar-refractivity contribution in [2.75, 3.05) is 39.7 Å². The fourth-order valence-corrected chi connectivity index (χ4v) is 1.27. The molecule has 1 rings (SSSR count). The number of methoxy groups -OCH3 is 1. The summed E-state index contributed by atoms with van der Waals surface area (Å²) in [6.45, 7) is 4.59. The molecule has 0 saturated heterocycles. The van der Waals surface area contributed by atoms with Crippen LogP contribution in [0.15, 0.2) is 12.4 Å². The van der Waals surface area contributed by atoms with Gasteiger partial charge in [-0.25, -0.2) is 4.98 Å². The van der Waals surface area contributed by atoms with Crippen molar-refractivity contribution in [3.63, 3.8) is 0 Å². The van der Waals surface area contributed by atoms with Gasteiger partial charge in [0.2, 0.25) is 5.95 Å². The van der Waals surface area contributed by atoms with Gasteiger partial charge >= 0.3 is 0 Å². The molecular formula is C11H22N4O. The highest BCUT2D eigenvalue weighted by molar-refractivity contribution is 5.25. The van der Waals surface area contributed by atoms with E-state index in [2.05, 4.69) is 40.8 Å². The molecule has 0 aliphatic carbocycles. The Hall–Kier alpha value is -1.07. The van der Waals surface area contributed by atoms with Crippen LogP contribution in [0.25, 0.3) is 0 Å². The molecule has 0 fully saturated rings. The lowest BCUT2D eigenvalue weighted by Crippen LogP contribution is -2.32. The van der Waals surface area contributed by atoms with Gasteiger partial charge in [0.05, 0.1) is 6.61 Å². The standard InChI is InChI=1S/C11H22N4O/c1-10(14(2)3)9-13-11-12-5-6-15(11)7-8-16-4/h5-6,10H,7-9H2,1-4H3,(H,12,13). The molecule has 0 radical (unpaired) electrons. The van der Waals surface area contributed by atoms with Crippen molar-refractivity contribution in [3.05, 3.63) is 12.4 Å². The van der Waals surface area contributed by atoms with E-state index in [9.17, 15) is 0 Å². The van der Waals surface area contributed by atoms with Crippen LogP contribution in [0, 0.1) is 0 Å². The quantitative estimate of drug-likeness (QED) is 0.750. The van der Waals surface area contributed by atoms with Crippen LogP contribution in [-0.4, -0.2) is 54.8 Å². The Balaban J connectivity index is 2.44. The van der Waals surface area contributed by atoms with E-state index in [1.54, 1.807) is 13.3 Å². The number of imidazole rings is 1. The van der Waals surface area contributed by atoms with Gasteiger partial charge in [-0.3, -0.25) is 0 Å². The third kappa shape index (κ3) is 3.83. The van der Waals surface area contributed by atoms with Crippen LogP contribution in [0.2, 0.25) is 0 Å². The molecule has 1 N–H and O–H groups in total. The van der Waals surface area contributed by atoms with Gasteiger partial charge in [0.25, 0.3) is 0 Å². The maximum Gasteiger partial charge on any atom is 0.202 e. The number of ether oxygens (including phenoxy) is 1. The highest BCUT2D eigenvalue weighted by Gasteiger charge is 2.06. The molecule has 0 aliphatic heterocycles. The first-order chi connectivity index (χ1) is 7.65. The summed E-state index contributed by atoms with van der Waals surface area (Å²) in [5.41, 5.74) is 0. The molecule has 16 heavy (non-hydrogen) atoms. The first-order valence-corrected chi connectivity index (χ1v) is 5.55. The Labute approximate surface area is 97.4 Å².